The molecule has 3 heterocycles. The summed E-state index contributed by atoms with van der Waals surface area (Å²) in [6.07, 6.45) is 8.48. The minimum atomic E-state index is -0.233. The van der Waals surface area contributed by atoms with E-state index in [4.69, 9.17) is 11.6 Å². The van der Waals surface area contributed by atoms with Crippen molar-refractivity contribution in [3.63, 3.8) is 0 Å². The van der Waals surface area contributed by atoms with E-state index in [1.54, 1.807) is 24.7 Å². The van der Waals surface area contributed by atoms with Crippen molar-refractivity contribution in [2.45, 2.75) is 38.3 Å². The van der Waals surface area contributed by atoms with Crippen LogP contribution in [0.5, 0.6) is 0 Å². The number of hydrogen-bond acceptors (Lipinski definition) is 4. The van der Waals surface area contributed by atoms with Crippen LogP contribution >= 0.6 is 11.6 Å². The number of imidazole rings is 1. The summed E-state index contributed by atoms with van der Waals surface area (Å²) >= 11 is 6.61. The second kappa shape index (κ2) is 8.67. The molecular formula is C27H27ClFN5. The molecule has 1 spiro atoms. The number of halogens is 2. The van der Waals surface area contributed by atoms with Crippen LogP contribution < -0.4 is 10.6 Å². The predicted octanol–water partition coefficient (Wildman–Crippen LogP) is 5.88. The first-order valence-electron chi connectivity index (χ1n) is 11.9. The van der Waals surface area contributed by atoms with E-state index in [2.05, 4.69) is 32.7 Å². The summed E-state index contributed by atoms with van der Waals surface area (Å²) in [5.74, 6) is 0.630. The highest BCUT2D eigenvalue weighted by atomic mass is 35.5. The van der Waals surface area contributed by atoms with Crippen molar-refractivity contribution in [3.05, 3.63) is 77.5 Å². The van der Waals surface area contributed by atoms with E-state index >= 15 is 0 Å². The molecular weight excluding hydrogens is 449 g/mol. The lowest BCUT2D eigenvalue weighted by molar-refractivity contribution is 0.0721. The minimum Gasteiger partial charge on any atom is -0.367 e. The van der Waals surface area contributed by atoms with Crippen molar-refractivity contribution in [1.29, 1.82) is 0 Å². The highest BCUT2D eigenvalue weighted by molar-refractivity contribution is 6.33. The molecule has 174 valence electrons. The molecule has 1 aliphatic carbocycles. The Hall–Kier alpha value is -2.96. The Bertz CT molecular complexity index is 1340. The molecule has 1 saturated heterocycles. The van der Waals surface area contributed by atoms with E-state index in [9.17, 15) is 4.39 Å². The van der Waals surface area contributed by atoms with Crippen molar-refractivity contribution in [1.82, 2.24) is 19.9 Å². The van der Waals surface area contributed by atoms with E-state index in [1.165, 1.54) is 31.7 Å². The second-order valence-electron chi connectivity index (χ2n) is 9.63. The fourth-order valence-corrected chi connectivity index (χ4v) is 5.74. The highest BCUT2D eigenvalue weighted by Crippen LogP contribution is 2.47. The molecule has 6 rings (SSSR count). The van der Waals surface area contributed by atoms with Gasteiger partial charge in [0.15, 0.2) is 0 Å². The topological polar surface area (TPSA) is 54.8 Å². The van der Waals surface area contributed by atoms with E-state index in [0.29, 0.717) is 23.0 Å². The lowest BCUT2D eigenvalue weighted by Gasteiger charge is -2.52. The third-order valence-electron chi connectivity index (χ3n) is 7.53. The summed E-state index contributed by atoms with van der Waals surface area (Å²) in [4.78, 5) is 9.11. The van der Waals surface area contributed by atoms with E-state index < -0.39 is 0 Å². The van der Waals surface area contributed by atoms with Crippen molar-refractivity contribution in [3.8, 4) is 11.1 Å². The van der Waals surface area contributed by atoms with Crippen molar-refractivity contribution >= 4 is 28.5 Å². The van der Waals surface area contributed by atoms with Crippen LogP contribution in [0.2, 0.25) is 5.02 Å². The van der Waals surface area contributed by atoms with Gasteiger partial charge in [-0.25, -0.2) is 14.4 Å². The monoisotopic (exact) mass is 475 g/mol. The molecule has 2 aromatic heterocycles. The van der Waals surface area contributed by atoms with Gasteiger partial charge >= 0.3 is 0 Å². The van der Waals surface area contributed by atoms with Crippen LogP contribution in [0, 0.1) is 11.2 Å². The molecule has 7 heteroatoms. The summed E-state index contributed by atoms with van der Waals surface area (Å²) in [5.41, 5.74) is 5.06. The van der Waals surface area contributed by atoms with Crippen LogP contribution in [-0.2, 0) is 6.54 Å². The van der Waals surface area contributed by atoms with Gasteiger partial charge in [0, 0.05) is 36.3 Å². The number of fused-ring (bicyclic) bond motifs is 1. The fourth-order valence-electron chi connectivity index (χ4n) is 5.52. The fraction of sp³-hybridized carbons (Fsp3) is 0.333. The Morgan fingerprint density at radius 3 is 2.88 bits per heavy atom. The van der Waals surface area contributed by atoms with Crippen molar-refractivity contribution < 1.29 is 4.39 Å². The smallest absolute Gasteiger partial charge is 0.126 e. The van der Waals surface area contributed by atoms with E-state index in [1.807, 2.05) is 22.8 Å². The molecule has 2 aromatic carbocycles. The van der Waals surface area contributed by atoms with Gasteiger partial charge in [-0.1, -0.05) is 29.8 Å². The van der Waals surface area contributed by atoms with Crippen LogP contribution in [0.3, 0.4) is 0 Å². The van der Waals surface area contributed by atoms with Gasteiger partial charge in [0.2, 0.25) is 0 Å². The Morgan fingerprint density at radius 1 is 1.15 bits per heavy atom. The van der Waals surface area contributed by atoms with Crippen molar-refractivity contribution in [2.75, 3.05) is 18.4 Å². The molecule has 0 radical (unpaired) electrons. The summed E-state index contributed by atoms with van der Waals surface area (Å²) in [7, 11) is 0. The molecule has 34 heavy (non-hydrogen) atoms. The zero-order valence-electron chi connectivity index (χ0n) is 18.9. The molecule has 1 saturated carbocycles. The highest BCUT2D eigenvalue weighted by Gasteiger charge is 2.47. The third-order valence-corrected chi connectivity index (χ3v) is 7.83. The average Bonchev–Trinajstić information content (AvgIpc) is 3.25. The molecule has 2 N–H and O–H groups in total. The van der Waals surface area contributed by atoms with Crippen LogP contribution in [-0.4, -0.2) is 33.7 Å². The number of rotatable bonds is 5. The summed E-state index contributed by atoms with van der Waals surface area (Å²) in [6.45, 7) is 2.75. The van der Waals surface area contributed by atoms with Gasteiger partial charge in [-0.2, -0.15) is 0 Å². The quantitative estimate of drug-likeness (QED) is 0.378. The van der Waals surface area contributed by atoms with Gasteiger partial charge in [-0.05, 0) is 73.7 Å². The van der Waals surface area contributed by atoms with Gasteiger partial charge in [-0.15, -0.1) is 0 Å². The first-order chi connectivity index (χ1) is 16.6. The maximum absolute atomic E-state index is 13.7. The number of nitrogens with one attached hydrogen (secondary N) is 2. The predicted molar refractivity (Wildman–Crippen MR) is 135 cm³/mol. The molecule has 4 aromatic rings. The third kappa shape index (κ3) is 3.95. The SMILES string of the molecule is Fc1cccc(Cn2cnc3ccc(-c4cc(N[C@@H]5CC[C@@]56CCCNC6)ncc4Cl)cc32)c1. The van der Waals surface area contributed by atoms with Gasteiger partial charge in [-0.3, -0.25) is 0 Å². The van der Waals surface area contributed by atoms with Crippen LogP contribution in [0.4, 0.5) is 10.2 Å². The van der Waals surface area contributed by atoms with Gasteiger partial charge in [0.1, 0.15) is 11.6 Å². The number of piperidine rings is 1. The summed E-state index contributed by atoms with van der Waals surface area (Å²) in [5, 5.41) is 7.88. The first kappa shape index (κ1) is 21.6. The number of hydrogen-bond donors (Lipinski definition) is 2. The lowest BCUT2D eigenvalue weighted by Crippen LogP contribution is -2.57. The van der Waals surface area contributed by atoms with Crippen molar-refractivity contribution in [2.24, 2.45) is 5.41 Å². The van der Waals surface area contributed by atoms with E-state index in [-0.39, 0.29) is 5.82 Å². The first-order valence-corrected chi connectivity index (χ1v) is 12.3. The maximum atomic E-state index is 13.7. The standard InChI is InChI=1S/C27H27ClFN5/c28-22-14-31-26(33-25-7-9-27(25)8-2-10-30-16-27)13-21(22)19-5-6-23-24(12-19)34(17-32-23)15-18-3-1-4-20(29)11-18/h1,3-6,11-14,17,25,30H,2,7-10,15-16H2,(H,31,33)/t25-,27-/m1/s1. The summed E-state index contributed by atoms with van der Waals surface area (Å²) < 4.78 is 15.7. The molecule has 0 unspecified atom stereocenters. The molecule has 5 nitrogen and oxygen atoms in total. The normalized spacial score (nSPS) is 22.1. The zero-order valence-corrected chi connectivity index (χ0v) is 19.7. The second-order valence-corrected chi connectivity index (χ2v) is 10.0. The van der Waals surface area contributed by atoms with Crippen LogP contribution in [0.15, 0.2) is 61.1 Å². The Kier molecular flexibility index (Phi) is 5.50. The minimum absolute atomic E-state index is 0.233. The molecule has 2 fully saturated rings. The average molecular weight is 476 g/mol. The molecule has 0 amide bonds. The van der Waals surface area contributed by atoms with E-state index in [0.717, 1.165) is 46.6 Å². The molecule has 2 atom stereocenters. The largest absolute Gasteiger partial charge is 0.367 e. The van der Waals surface area contributed by atoms with Gasteiger partial charge in [0.25, 0.3) is 0 Å². The zero-order chi connectivity index (χ0) is 23.1. The van der Waals surface area contributed by atoms with Gasteiger partial charge in [0.05, 0.1) is 22.4 Å². The molecule has 1 aliphatic heterocycles. The van der Waals surface area contributed by atoms with Crippen LogP contribution in [0.1, 0.15) is 31.2 Å². The molecule has 0 bridgehead atoms. The number of pyridine rings is 1. The maximum Gasteiger partial charge on any atom is 0.126 e. The number of aromatic nitrogens is 3. The Labute approximate surface area is 203 Å². The Morgan fingerprint density at radius 2 is 2.09 bits per heavy atom. The lowest BCUT2D eigenvalue weighted by atomic mass is 9.60. The van der Waals surface area contributed by atoms with Gasteiger partial charge < -0.3 is 15.2 Å². The number of nitrogens with zero attached hydrogens (tertiary/aromatic N) is 3. The number of anilines is 1. The Balaban J connectivity index is 1.29. The number of benzene rings is 2. The summed E-state index contributed by atoms with van der Waals surface area (Å²) in [6, 6.07) is 15.3. The van der Waals surface area contributed by atoms with Crippen LogP contribution in [0.25, 0.3) is 22.2 Å². The molecule has 2 aliphatic rings.